The van der Waals surface area contributed by atoms with Crippen molar-refractivity contribution in [1.29, 1.82) is 0 Å². The predicted molar refractivity (Wildman–Crippen MR) is 102 cm³/mol. The largest absolute Gasteiger partial charge is 0.359 e. The van der Waals surface area contributed by atoms with Gasteiger partial charge in [-0.15, -0.1) is 0 Å². The third-order valence-corrected chi connectivity index (χ3v) is 4.40. The quantitative estimate of drug-likeness (QED) is 0.638. The third-order valence-electron chi connectivity index (χ3n) is 4.40. The summed E-state index contributed by atoms with van der Waals surface area (Å²) in [5, 5.41) is 3.42. The first-order valence-corrected chi connectivity index (χ1v) is 8.51. The summed E-state index contributed by atoms with van der Waals surface area (Å²) in [6, 6.07) is 17.4. The van der Waals surface area contributed by atoms with Crippen LogP contribution in [-0.2, 0) is 11.8 Å². The molecule has 1 nitrogen and oxygen atoms in total. The molecular formula is C22H29N. The zero-order valence-electron chi connectivity index (χ0n) is 14.9. The van der Waals surface area contributed by atoms with Crippen molar-refractivity contribution in [1.82, 2.24) is 0 Å². The average molecular weight is 307 g/mol. The van der Waals surface area contributed by atoms with E-state index in [9.17, 15) is 0 Å². The maximum atomic E-state index is 4.16. The van der Waals surface area contributed by atoms with Crippen LogP contribution in [0.2, 0.25) is 0 Å². The van der Waals surface area contributed by atoms with Crippen molar-refractivity contribution in [3.05, 3.63) is 77.5 Å². The van der Waals surface area contributed by atoms with Crippen molar-refractivity contribution in [3.8, 4) is 0 Å². The Morgan fingerprint density at radius 3 is 2.17 bits per heavy atom. The van der Waals surface area contributed by atoms with Gasteiger partial charge in [0, 0.05) is 17.8 Å². The predicted octanol–water partition coefficient (Wildman–Crippen LogP) is 6.24. The van der Waals surface area contributed by atoms with Gasteiger partial charge in [-0.1, -0.05) is 75.7 Å². The van der Waals surface area contributed by atoms with Crippen molar-refractivity contribution in [2.75, 3.05) is 5.32 Å². The molecule has 0 fully saturated rings. The monoisotopic (exact) mass is 307 g/mol. The average Bonchev–Trinajstić information content (AvgIpc) is 2.50. The van der Waals surface area contributed by atoms with Crippen LogP contribution in [0.5, 0.6) is 0 Å². The number of nitrogens with one attached hydrogen (secondary N) is 1. The fourth-order valence-corrected chi connectivity index (χ4v) is 2.97. The maximum absolute atomic E-state index is 4.16. The van der Waals surface area contributed by atoms with Crippen molar-refractivity contribution in [3.63, 3.8) is 0 Å². The van der Waals surface area contributed by atoms with Crippen molar-refractivity contribution >= 4 is 5.69 Å². The lowest BCUT2D eigenvalue weighted by molar-refractivity contribution is 0.473. The molecule has 1 heteroatoms. The van der Waals surface area contributed by atoms with E-state index in [0.29, 0.717) is 0 Å². The van der Waals surface area contributed by atoms with Gasteiger partial charge < -0.3 is 5.32 Å². The molecule has 0 aliphatic rings. The summed E-state index contributed by atoms with van der Waals surface area (Å²) in [6.07, 6.45) is 3.27. The van der Waals surface area contributed by atoms with Gasteiger partial charge in [0.15, 0.2) is 0 Å². The Balaban J connectivity index is 1.97. The Hall–Kier alpha value is -2.02. The van der Waals surface area contributed by atoms with Crippen LogP contribution in [-0.4, -0.2) is 0 Å². The molecule has 0 aliphatic carbocycles. The van der Waals surface area contributed by atoms with Crippen molar-refractivity contribution in [2.24, 2.45) is 0 Å². The zero-order chi connectivity index (χ0) is 16.9. The van der Waals surface area contributed by atoms with E-state index < -0.39 is 0 Å². The number of aryl methyl sites for hydroxylation is 1. The Bertz CT molecular complexity index is 633. The number of hydrogen-bond acceptors (Lipinski definition) is 1. The van der Waals surface area contributed by atoms with Crippen LogP contribution >= 0.6 is 0 Å². The molecule has 2 aromatic carbocycles. The minimum Gasteiger partial charge on any atom is -0.359 e. The van der Waals surface area contributed by atoms with Gasteiger partial charge in [-0.05, 0) is 42.0 Å². The van der Waals surface area contributed by atoms with E-state index in [1.165, 1.54) is 29.5 Å². The lowest BCUT2D eigenvalue weighted by atomic mass is 9.81. The molecule has 0 saturated heterocycles. The van der Waals surface area contributed by atoms with Crippen LogP contribution in [0.4, 0.5) is 5.69 Å². The van der Waals surface area contributed by atoms with Crippen molar-refractivity contribution in [2.45, 2.75) is 52.4 Å². The standard InChI is InChI=1S/C22H29N/c1-6-15-22(4,5)20-11-13-21(14-12-20)23-18(3)16-19-9-7-17(2)8-10-19/h7-14,23H,3,6,15-16H2,1-2,4-5H3. The number of allylic oxidation sites excluding steroid dienone is 1. The van der Waals surface area contributed by atoms with Gasteiger partial charge >= 0.3 is 0 Å². The Morgan fingerprint density at radius 2 is 1.61 bits per heavy atom. The lowest BCUT2D eigenvalue weighted by Gasteiger charge is -2.25. The normalized spacial score (nSPS) is 11.3. The van der Waals surface area contributed by atoms with Gasteiger partial charge in [0.1, 0.15) is 0 Å². The van der Waals surface area contributed by atoms with E-state index >= 15 is 0 Å². The first kappa shape index (κ1) is 17.3. The lowest BCUT2D eigenvalue weighted by Crippen LogP contribution is -2.16. The molecule has 0 unspecified atom stereocenters. The molecule has 0 atom stereocenters. The highest BCUT2D eigenvalue weighted by atomic mass is 14.9. The molecule has 2 aromatic rings. The van der Waals surface area contributed by atoms with Gasteiger partial charge in [-0.3, -0.25) is 0 Å². The minimum atomic E-state index is 0.242. The summed E-state index contributed by atoms with van der Waals surface area (Å²) < 4.78 is 0. The number of benzene rings is 2. The summed E-state index contributed by atoms with van der Waals surface area (Å²) in [6.45, 7) is 13.1. The third kappa shape index (κ3) is 4.99. The van der Waals surface area contributed by atoms with Gasteiger partial charge in [0.2, 0.25) is 0 Å². The van der Waals surface area contributed by atoms with Crippen LogP contribution < -0.4 is 5.32 Å². The topological polar surface area (TPSA) is 12.0 Å². The molecule has 23 heavy (non-hydrogen) atoms. The Kier molecular flexibility index (Phi) is 5.65. The van der Waals surface area contributed by atoms with Crippen LogP contribution in [0.15, 0.2) is 60.8 Å². The first-order valence-electron chi connectivity index (χ1n) is 8.51. The van der Waals surface area contributed by atoms with Crippen LogP contribution in [0.25, 0.3) is 0 Å². The molecule has 0 aliphatic heterocycles. The molecule has 0 heterocycles. The zero-order valence-corrected chi connectivity index (χ0v) is 14.9. The van der Waals surface area contributed by atoms with E-state index in [-0.39, 0.29) is 5.41 Å². The van der Waals surface area contributed by atoms with Crippen LogP contribution in [0.1, 0.15) is 50.3 Å². The smallest absolute Gasteiger partial charge is 0.0381 e. The number of rotatable bonds is 7. The second kappa shape index (κ2) is 7.50. The van der Waals surface area contributed by atoms with E-state index in [0.717, 1.165) is 17.8 Å². The maximum Gasteiger partial charge on any atom is 0.0381 e. The van der Waals surface area contributed by atoms with E-state index in [4.69, 9.17) is 0 Å². The highest BCUT2D eigenvalue weighted by Gasteiger charge is 2.18. The molecule has 1 N–H and O–H groups in total. The van der Waals surface area contributed by atoms with Gasteiger partial charge in [-0.2, -0.15) is 0 Å². The molecular weight excluding hydrogens is 278 g/mol. The summed E-state index contributed by atoms with van der Waals surface area (Å²) in [4.78, 5) is 0. The van der Waals surface area contributed by atoms with Gasteiger partial charge in [-0.25, -0.2) is 0 Å². The highest BCUT2D eigenvalue weighted by molar-refractivity contribution is 5.50. The first-order chi connectivity index (χ1) is 10.9. The van der Waals surface area contributed by atoms with Gasteiger partial charge in [0.05, 0.1) is 0 Å². The molecule has 0 spiro atoms. The summed E-state index contributed by atoms with van der Waals surface area (Å²) >= 11 is 0. The Morgan fingerprint density at radius 1 is 1.00 bits per heavy atom. The van der Waals surface area contributed by atoms with Crippen LogP contribution in [0.3, 0.4) is 0 Å². The molecule has 0 saturated carbocycles. The van der Waals surface area contributed by atoms with Crippen LogP contribution in [0, 0.1) is 6.92 Å². The Labute approximate surface area is 141 Å². The minimum absolute atomic E-state index is 0.242. The summed E-state index contributed by atoms with van der Waals surface area (Å²) in [5.41, 5.74) is 6.35. The molecule has 0 amide bonds. The molecule has 0 radical (unpaired) electrons. The van der Waals surface area contributed by atoms with E-state index in [1.54, 1.807) is 0 Å². The van der Waals surface area contributed by atoms with E-state index in [2.05, 4.69) is 88.1 Å². The van der Waals surface area contributed by atoms with E-state index in [1.807, 2.05) is 0 Å². The second-order valence-electron chi connectivity index (χ2n) is 7.10. The molecule has 2 rings (SSSR count). The second-order valence-corrected chi connectivity index (χ2v) is 7.10. The fraction of sp³-hybridized carbons (Fsp3) is 0.364. The molecule has 122 valence electrons. The molecule has 0 bridgehead atoms. The number of hydrogen-bond donors (Lipinski definition) is 1. The van der Waals surface area contributed by atoms with Gasteiger partial charge in [0.25, 0.3) is 0 Å². The SMILES string of the molecule is C=C(Cc1ccc(C)cc1)Nc1ccc(C(C)(C)CCC)cc1. The summed E-state index contributed by atoms with van der Waals surface area (Å²) in [7, 11) is 0. The van der Waals surface area contributed by atoms with Crippen molar-refractivity contribution < 1.29 is 0 Å². The summed E-state index contributed by atoms with van der Waals surface area (Å²) in [5.74, 6) is 0. The molecule has 0 aromatic heterocycles. The number of anilines is 1. The highest BCUT2D eigenvalue weighted by Crippen LogP contribution is 2.29. The fourth-order valence-electron chi connectivity index (χ4n) is 2.97.